The van der Waals surface area contributed by atoms with Crippen molar-refractivity contribution in [3.63, 3.8) is 0 Å². The molecule has 0 unspecified atom stereocenters. The number of rotatable bonds is 5. The van der Waals surface area contributed by atoms with E-state index in [9.17, 15) is 19.2 Å². The van der Waals surface area contributed by atoms with Crippen LogP contribution in [0.4, 0.5) is 39.3 Å². The number of benzene rings is 2. The SMILES string of the molecule is CN(C(=O)OC(C)(C)C)[C@@H]1CN(c2ccc(-c3ccc(N4C[C@H](N(C)C(=O)OC(C)(C)C)OC4=O)cc3F)c(F)c2)C(=O)O1. The summed E-state index contributed by atoms with van der Waals surface area (Å²) in [6.45, 7) is 10.1. The van der Waals surface area contributed by atoms with E-state index in [4.69, 9.17) is 18.9 Å². The fourth-order valence-electron chi connectivity index (χ4n) is 4.40. The Kier molecular flexibility index (Phi) is 8.67. The van der Waals surface area contributed by atoms with Crippen LogP contribution in [0.1, 0.15) is 41.5 Å². The van der Waals surface area contributed by atoms with Crippen LogP contribution in [-0.4, -0.2) is 85.0 Å². The average Bonchev–Trinajstić information content (AvgIpc) is 3.48. The molecule has 44 heavy (non-hydrogen) atoms. The molecule has 0 spiro atoms. The minimum absolute atomic E-state index is 0.0769. The maximum atomic E-state index is 15.3. The second-order valence-electron chi connectivity index (χ2n) is 12.4. The van der Waals surface area contributed by atoms with E-state index < -0.39 is 59.7 Å². The third-order valence-electron chi connectivity index (χ3n) is 6.64. The zero-order chi connectivity index (χ0) is 32.7. The minimum Gasteiger partial charge on any atom is -0.444 e. The Morgan fingerprint density at radius 2 is 1.07 bits per heavy atom. The Balaban J connectivity index is 1.46. The van der Waals surface area contributed by atoms with Gasteiger partial charge in [-0.3, -0.25) is 19.6 Å². The van der Waals surface area contributed by atoms with E-state index in [1.54, 1.807) is 41.5 Å². The van der Waals surface area contributed by atoms with Gasteiger partial charge in [0.25, 0.3) is 0 Å². The number of hydrogen-bond donors (Lipinski definition) is 0. The van der Waals surface area contributed by atoms with Crippen molar-refractivity contribution in [2.24, 2.45) is 0 Å². The summed E-state index contributed by atoms with van der Waals surface area (Å²) in [7, 11) is 2.85. The lowest BCUT2D eigenvalue weighted by Crippen LogP contribution is -2.42. The Hall–Kier alpha value is -4.62. The predicted octanol–water partition coefficient (Wildman–Crippen LogP) is 5.93. The van der Waals surface area contributed by atoms with Gasteiger partial charge >= 0.3 is 24.4 Å². The summed E-state index contributed by atoms with van der Waals surface area (Å²) < 4.78 is 51.8. The van der Waals surface area contributed by atoms with Gasteiger partial charge in [-0.1, -0.05) is 0 Å². The van der Waals surface area contributed by atoms with Crippen LogP contribution in [0.3, 0.4) is 0 Å². The molecular weight excluding hydrogens is 582 g/mol. The Bertz CT molecular complexity index is 1360. The zero-order valence-corrected chi connectivity index (χ0v) is 25.8. The standard InChI is InChI=1S/C30H36F2N4O8/c1-29(2,3)43-25(37)33(7)23-15-35(27(39)41-23)17-9-11-19(21(31)13-17)20-12-10-18(14-22(20)32)36-16-24(42-28(36)40)34(8)26(38)44-30(4,5)6/h9-14,23-24H,15-16H2,1-8H3/t23-,24+. The number of anilines is 2. The number of carbonyl (C=O) groups excluding carboxylic acids is 4. The van der Waals surface area contributed by atoms with E-state index in [2.05, 4.69) is 0 Å². The molecule has 2 fully saturated rings. The van der Waals surface area contributed by atoms with Crippen LogP contribution in [0.25, 0.3) is 11.1 Å². The van der Waals surface area contributed by atoms with Crippen molar-refractivity contribution in [3.8, 4) is 11.1 Å². The molecule has 0 aromatic heterocycles. The molecule has 2 aliphatic rings. The molecule has 12 nitrogen and oxygen atoms in total. The van der Waals surface area contributed by atoms with Crippen molar-refractivity contribution in [2.75, 3.05) is 37.0 Å². The molecule has 238 valence electrons. The molecule has 0 N–H and O–H groups in total. The van der Waals surface area contributed by atoms with Crippen molar-refractivity contribution in [1.82, 2.24) is 9.80 Å². The van der Waals surface area contributed by atoms with Gasteiger partial charge in [-0.15, -0.1) is 0 Å². The zero-order valence-electron chi connectivity index (χ0n) is 25.8. The number of carbonyl (C=O) groups is 4. The topological polar surface area (TPSA) is 118 Å². The summed E-state index contributed by atoms with van der Waals surface area (Å²) in [6.07, 6.45) is -4.89. The van der Waals surface area contributed by atoms with Crippen LogP contribution < -0.4 is 9.80 Å². The van der Waals surface area contributed by atoms with Crippen molar-refractivity contribution in [1.29, 1.82) is 0 Å². The van der Waals surface area contributed by atoms with Crippen LogP contribution in [0.15, 0.2) is 36.4 Å². The number of halogens is 2. The molecule has 2 heterocycles. The smallest absolute Gasteiger partial charge is 0.416 e. The summed E-state index contributed by atoms with van der Waals surface area (Å²) in [5, 5.41) is 0. The second kappa shape index (κ2) is 11.8. The predicted molar refractivity (Wildman–Crippen MR) is 155 cm³/mol. The van der Waals surface area contributed by atoms with Gasteiger partial charge in [-0.25, -0.2) is 28.0 Å². The van der Waals surface area contributed by atoms with Crippen molar-refractivity contribution < 1.29 is 46.9 Å². The molecular formula is C30H36F2N4O8. The van der Waals surface area contributed by atoms with Crippen molar-refractivity contribution in [2.45, 2.75) is 65.2 Å². The molecule has 4 rings (SSSR count). The Morgan fingerprint density at radius 1 is 0.727 bits per heavy atom. The largest absolute Gasteiger partial charge is 0.444 e. The van der Waals surface area contributed by atoms with Gasteiger partial charge in [-0.05, 0) is 77.9 Å². The van der Waals surface area contributed by atoms with Gasteiger partial charge in [0.2, 0.25) is 0 Å². The van der Waals surface area contributed by atoms with Crippen LogP contribution in [0.2, 0.25) is 0 Å². The highest BCUT2D eigenvalue weighted by atomic mass is 19.1. The first-order valence-corrected chi connectivity index (χ1v) is 13.8. The molecule has 0 bridgehead atoms. The first-order chi connectivity index (χ1) is 20.3. The Labute approximate surface area is 254 Å². The number of amides is 4. The molecule has 2 atom stereocenters. The summed E-state index contributed by atoms with van der Waals surface area (Å²) in [4.78, 5) is 54.4. The van der Waals surface area contributed by atoms with Gasteiger partial charge < -0.3 is 18.9 Å². The van der Waals surface area contributed by atoms with Crippen molar-refractivity contribution >= 4 is 35.7 Å². The van der Waals surface area contributed by atoms with Crippen LogP contribution in [0.5, 0.6) is 0 Å². The normalized spacial score (nSPS) is 18.6. The number of likely N-dealkylation sites (N-methyl/N-ethyl adjacent to an activating group) is 2. The molecule has 4 amide bonds. The molecule has 0 radical (unpaired) electrons. The number of cyclic esters (lactones) is 2. The summed E-state index contributed by atoms with van der Waals surface area (Å²) in [5.74, 6) is -1.63. The first-order valence-electron chi connectivity index (χ1n) is 13.8. The van der Waals surface area contributed by atoms with Crippen LogP contribution >= 0.6 is 0 Å². The Morgan fingerprint density at radius 3 is 1.36 bits per heavy atom. The van der Waals surface area contributed by atoms with E-state index in [0.29, 0.717) is 0 Å². The van der Waals surface area contributed by atoms with Crippen LogP contribution in [-0.2, 0) is 18.9 Å². The third kappa shape index (κ3) is 7.12. The molecule has 2 aromatic carbocycles. The quantitative estimate of drug-likeness (QED) is 0.379. The summed E-state index contributed by atoms with van der Waals surface area (Å²) >= 11 is 0. The maximum Gasteiger partial charge on any atom is 0.416 e. The minimum atomic E-state index is -0.967. The fourth-order valence-corrected chi connectivity index (χ4v) is 4.40. The van der Waals surface area contributed by atoms with Gasteiger partial charge in [0, 0.05) is 25.2 Å². The molecule has 0 saturated carbocycles. The van der Waals surface area contributed by atoms with Gasteiger partial charge in [-0.2, -0.15) is 0 Å². The highest BCUT2D eigenvalue weighted by molar-refractivity contribution is 5.92. The number of ether oxygens (including phenoxy) is 4. The molecule has 2 aromatic rings. The molecule has 0 aliphatic carbocycles. The van der Waals surface area contributed by atoms with E-state index >= 15 is 8.78 Å². The number of nitrogens with zero attached hydrogens (tertiary/aromatic N) is 4. The van der Waals surface area contributed by atoms with Crippen molar-refractivity contribution in [3.05, 3.63) is 48.0 Å². The van der Waals surface area contributed by atoms with E-state index in [-0.39, 0.29) is 35.6 Å². The lowest BCUT2D eigenvalue weighted by Gasteiger charge is -2.27. The summed E-state index contributed by atoms with van der Waals surface area (Å²) in [6, 6.07) is 7.62. The fraction of sp³-hybridized carbons (Fsp3) is 0.467. The third-order valence-corrected chi connectivity index (χ3v) is 6.64. The first kappa shape index (κ1) is 32.3. The highest BCUT2D eigenvalue weighted by Gasteiger charge is 2.40. The van der Waals surface area contributed by atoms with E-state index in [1.165, 1.54) is 38.4 Å². The van der Waals surface area contributed by atoms with Crippen LogP contribution in [0, 0.1) is 11.6 Å². The number of hydrogen-bond acceptors (Lipinski definition) is 8. The van der Waals surface area contributed by atoms with Gasteiger partial charge in [0.05, 0.1) is 24.5 Å². The molecule has 2 aliphatic heterocycles. The maximum absolute atomic E-state index is 15.3. The lowest BCUT2D eigenvalue weighted by atomic mass is 10.0. The van der Waals surface area contributed by atoms with Gasteiger partial charge in [0.15, 0.2) is 12.5 Å². The molecule has 2 saturated heterocycles. The second-order valence-corrected chi connectivity index (χ2v) is 12.4. The van der Waals surface area contributed by atoms with E-state index in [0.717, 1.165) is 31.7 Å². The lowest BCUT2D eigenvalue weighted by molar-refractivity contribution is -0.0113. The summed E-state index contributed by atoms with van der Waals surface area (Å²) in [5.41, 5.74) is -1.38. The van der Waals surface area contributed by atoms with Gasteiger partial charge in [0.1, 0.15) is 22.8 Å². The van der Waals surface area contributed by atoms with E-state index in [1.807, 2.05) is 0 Å². The highest BCUT2D eigenvalue weighted by Crippen LogP contribution is 2.34. The molecule has 14 heteroatoms. The monoisotopic (exact) mass is 618 g/mol. The average molecular weight is 619 g/mol.